The lowest BCUT2D eigenvalue weighted by Crippen LogP contribution is -2.41. The molecule has 5 rings (SSSR count). The maximum absolute atomic E-state index is 14.6. The molecule has 0 unspecified atom stereocenters. The lowest BCUT2D eigenvalue weighted by Gasteiger charge is -2.33. The second-order valence-electron chi connectivity index (χ2n) is 7.81. The monoisotopic (exact) mass is 326 g/mol. The van der Waals surface area contributed by atoms with E-state index in [0.717, 1.165) is 12.0 Å². The van der Waals surface area contributed by atoms with Crippen LogP contribution in [0.15, 0.2) is 12.4 Å². The van der Waals surface area contributed by atoms with Crippen molar-refractivity contribution in [3.63, 3.8) is 0 Å². The van der Waals surface area contributed by atoms with Crippen LogP contribution in [-0.4, -0.2) is 34.1 Å². The van der Waals surface area contributed by atoms with E-state index in [2.05, 4.69) is 10.9 Å². The highest BCUT2D eigenvalue weighted by atomic mass is 19.1. The summed E-state index contributed by atoms with van der Waals surface area (Å²) in [7, 11) is 0. The van der Waals surface area contributed by atoms with Crippen molar-refractivity contribution in [1.29, 1.82) is 0 Å². The SMILES string of the molecule is C#Cc1cncc2c1O[C@H]1C[C@@H]2N(C(=O)C23CCC(F)(CC2)C3)C1. The van der Waals surface area contributed by atoms with Gasteiger partial charge in [-0.3, -0.25) is 9.78 Å². The van der Waals surface area contributed by atoms with Crippen molar-refractivity contribution in [3.05, 3.63) is 23.5 Å². The predicted octanol–water partition coefficient (Wildman–Crippen LogP) is 2.77. The van der Waals surface area contributed by atoms with Crippen LogP contribution in [0.25, 0.3) is 0 Å². The zero-order valence-corrected chi connectivity index (χ0v) is 13.4. The molecule has 0 spiro atoms. The van der Waals surface area contributed by atoms with Gasteiger partial charge in [0.05, 0.1) is 23.6 Å². The van der Waals surface area contributed by atoms with E-state index in [1.165, 1.54) is 0 Å². The van der Waals surface area contributed by atoms with Gasteiger partial charge in [0.25, 0.3) is 0 Å². The molecule has 1 aromatic heterocycles. The van der Waals surface area contributed by atoms with Crippen LogP contribution in [0.4, 0.5) is 4.39 Å². The molecule has 4 bridgehead atoms. The smallest absolute Gasteiger partial charge is 0.229 e. The normalized spacial score (nSPS) is 38.6. The number of aromatic nitrogens is 1. The van der Waals surface area contributed by atoms with Crippen LogP contribution in [-0.2, 0) is 4.79 Å². The van der Waals surface area contributed by atoms with Gasteiger partial charge in [-0.2, -0.15) is 0 Å². The van der Waals surface area contributed by atoms with Gasteiger partial charge < -0.3 is 9.64 Å². The number of carbonyl (C=O) groups is 1. The van der Waals surface area contributed by atoms with Gasteiger partial charge in [0.1, 0.15) is 17.5 Å². The number of hydrogen-bond acceptors (Lipinski definition) is 3. The van der Waals surface area contributed by atoms with Gasteiger partial charge in [-0.15, -0.1) is 6.42 Å². The summed E-state index contributed by atoms with van der Waals surface area (Å²) in [6, 6.07) is -0.0448. The Balaban J connectivity index is 1.51. The molecule has 2 atom stereocenters. The summed E-state index contributed by atoms with van der Waals surface area (Å²) in [5.41, 5.74) is -0.0775. The van der Waals surface area contributed by atoms with E-state index < -0.39 is 11.1 Å². The van der Waals surface area contributed by atoms with Crippen LogP contribution in [0.1, 0.15) is 55.7 Å². The molecular formula is C19H19FN2O2. The van der Waals surface area contributed by atoms with Crippen LogP contribution >= 0.6 is 0 Å². The molecule has 124 valence electrons. The van der Waals surface area contributed by atoms with Gasteiger partial charge in [-0.25, -0.2) is 4.39 Å². The van der Waals surface area contributed by atoms with E-state index >= 15 is 0 Å². The number of halogens is 1. The Bertz CT molecular complexity index is 776. The van der Waals surface area contributed by atoms with E-state index in [4.69, 9.17) is 11.2 Å². The summed E-state index contributed by atoms with van der Waals surface area (Å²) >= 11 is 0. The molecule has 1 saturated heterocycles. The van der Waals surface area contributed by atoms with Crippen molar-refractivity contribution in [2.45, 2.75) is 56.3 Å². The van der Waals surface area contributed by atoms with Gasteiger partial charge >= 0.3 is 0 Å². The summed E-state index contributed by atoms with van der Waals surface area (Å²) in [5.74, 6) is 3.41. The molecule has 1 amide bonds. The van der Waals surface area contributed by atoms with E-state index in [1.54, 1.807) is 12.4 Å². The third kappa shape index (κ3) is 1.74. The molecule has 2 aliphatic carbocycles. The van der Waals surface area contributed by atoms with E-state index in [-0.39, 0.29) is 18.1 Å². The molecule has 4 nitrogen and oxygen atoms in total. The number of rotatable bonds is 1. The zero-order valence-electron chi connectivity index (χ0n) is 13.4. The Morgan fingerprint density at radius 3 is 2.83 bits per heavy atom. The lowest BCUT2D eigenvalue weighted by atomic mass is 9.82. The number of hydrogen-bond donors (Lipinski definition) is 0. The molecule has 0 aromatic carbocycles. The molecule has 0 radical (unpaired) electrons. The fraction of sp³-hybridized carbons (Fsp3) is 0.579. The highest BCUT2D eigenvalue weighted by molar-refractivity contribution is 5.85. The minimum absolute atomic E-state index is 0.0321. The topological polar surface area (TPSA) is 42.4 Å². The number of nitrogens with zero attached hydrogens (tertiary/aromatic N) is 2. The second kappa shape index (κ2) is 4.50. The molecule has 24 heavy (non-hydrogen) atoms. The summed E-state index contributed by atoms with van der Waals surface area (Å²) in [6.45, 7) is 0.559. The number of ether oxygens (including phenoxy) is 1. The molecule has 3 fully saturated rings. The third-order valence-corrected chi connectivity index (χ3v) is 6.46. The average Bonchev–Trinajstić information content (AvgIpc) is 3.23. The predicted molar refractivity (Wildman–Crippen MR) is 85.0 cm³/mol. The van der Waals surface area contributed by atoms with Gasteiger partial charge in [-0.05, 0) is 32.1 Å². The lowest BCUT2D eigenvalue weighted by molar-refractivity contribution is -0.142. The summed E-state index contributed by atoms with van der Waals surface area (Å²) in [5, 5.41) is 0. The van der Waals surface area contributed by atoms with E-state index in [9.17, 15) is 9.18 Å². The number of likely N-dealkylation sites (tertiary alicyclic amines) is 1. The Morgan fingerprint density at radius 2 is 2.17 bits per heavy atom. The molecule has 3 heterocycles. The fourth-order valence-electron chi connectivity index (χ4n) is 5.24. The summed E-state index contributed by atoms with van der Waals surface area (Å²) in [4.78, 5) is 19.4. The minimum Gasteiger partial charge on any atom is -0.487 e. The fourth-order valence-corrected chi connectivity index (χ4v) is 5.24. The molecule has 1 aromatic rings. The van der Waals surface area contributed by atoms with Crippen molar-refractivity contribution in [2.24, 2.45) is 5.41 Å². The van der Waals surface area contributed by atoms with Gasteiger partial charge in [-0.1, -0.05) is 5.92 Å². The first kappa shape index (κ1) is 14.3. The van der Waals surface area contributed by atoms with Crippen LogP contribution in [0.5, 0.6) is 5.75 Å². The minimum atomic E-state index is -1.11. The van der Waals surface area contributed by atoms with Gasteiger partial charge in [0.15, 0.2) is 0 Å². The summed E-state index contributed by atoms with van der Waals surface area (Å²) in [6.07, 6.45) is 12.5. The van der Waals surface area contributed by atoms with E-state index in [1.807, 2.05) is 4.90 Å². The number of pyridine rings is 1. The van der Waals surface area contributed by atoms with Crippen LogP contribution in [0.2, 0.25) is 0 Å². The van der Waals surface area contributed by atoms with Gasteiger partial charge in [0.2, 0.25) is 5.91 Å². The number of amides is 1. The van der Waals surface area contributed by atoms with Crippen LogP contribution in [0, 0.1) is 17.8 Å². The Morgan fingerprint density at radius 1 is 1.38 bits per heavy atom. The second-order valence-corrected chi connectivity index (χ2v) is 7.81. The molecule has 2 aliphatic heterocycles. The first-order chi connectivity index (χ1) is 11.5. The first-order valence-corrected chi connectivity index (χ1v) is 8.65. The van der Waals surface area contributed by atoms with Crippen molar-refractivity contribution in [2.75, 3.05) is 6.54 Å². The molecular weight excluding hydrogens is 307 g/mol. The van der Waals surface area contributed by atoms with Gasteiger partial charge in [0, 0.05) is 24.4 Å². The molecule has 2 saturated carbocycles. The molecule has 5 heteroatoms. The number of fused-ring (bicyclic) bond motifs is 6. The largest absolute Gasteiger partial charge is 0.487 e. The molecule has 4 aliphatic rings. The highest BCUT2D eigenvalue weighted by Crippen LogP contribution is 2.60. The maximum Gasteiger partial charge on any atom is 0.229 e. The third-order valence-electron chi connectivity index (χ3n) is 6.46. The van der Waals surface area contributed by atoms with Crippen molar-refractivity contribution >= 4 is 5.91 Å². The zero-order chi connectivity index (χ0) is 16.5. The van der Waals surface area contributed by atoms with Crippen LogP contribution in [0.3, 0.4) is 0 Å². The Hall–Kier alpha value is -2.09. The van der Waals surface area contributed by atoms with Crippen molar-refractivity contribution in [1.82, 2.24) is 9.88 Å². The maximum atomic E-state index is 14.6. The standard InChI is InChI=1S/C19H19FN2O2/c1-2-12-8-21-9-14-15-7-13(24-16(12)14)10-22(15)17(23)18-3-5-19(20,11-18)6-4-18/h1,8-9,13,15H,3-7,10-11H2/t13-,15-,18?,19?/m0/s1. The summed E-state index contributed by atoms with van der Waals surface area (Å²) < 4.78 is 20.6. The quantitative estimate of drug-likeness (QED) is 0.745. The first-order valence-electron chi connectivity index (χ1n) is 8.65. The average molecular weight is 326 g/mol. The Kier molecular flexibility index (Phi) is 2.68. The van der Waals surface area contributed by atoms with Crippen molar-refractivity contribution in [3.8, 4) is 18.1 Å². The molecule has 0 N–H and O–H groups in total. The van der Waals surface area contributed by atoms with Crippen LogP contribution < -0.4 is 4.74 Å². The Labute approximate surface area is 140 Å². The highest BCUT2D eigenvalue weighted by Gasteiger charge is 2.61. The number of terminal acetylenes is 1. The number of carbonyl (C=O) groups excluding carboxylic acids is 1. The van der Waals surface area contributed by atoms with Crippen molar-refractivity contribution < 1.29 is 13.9 Å². The van der Waals surface area contributed by atoms with E-state index in [0.29, 0.717) is 50.0 Å². The number of alkyl halides is 1.